The Morgan fingerprint density at radius 2 is 1.72 bits per heavy atom. The van der Waals surface area contributed by atoms with Gasteiger partial charge in [0.15, 0.2) is 11.6 Å². The fourth-order valence-electron chi connectivity index (χ4n) is 2.39. The van der Waals surface area contributed by atoms with E-state index in [1.807, 2.05) is 0 Å². The molecule has 10 heteroatoms. The van der Waals surface area contributed by atoms with Gasteiger partial charge in [0.1, 0.15) is 17.8 Å². The summed E-state index contributed by atoms with van der Waals surface area (Å²) in [7, 11) is 1.28. The van der Waals surface area contributed by atoms with Crippen LogP contribution < -0.4 is 21.9 Å². The Morgan fingerprint density at radius 1 is 1.03 bits per heavy atom. The van der Waals surface area contributed by atoms with Gasteiger partial charge in [-0.1, -0.05) is 12.1 Å². The largest absolute Gasteiger partial charge is 0.465 e. The number of esters is 1. The number of halogens is 1. The zero-order chi connectivity index (χ0) is 20.8. The molecule has 0 saturated heterocycles. The molecule has 9 nitrogen and oxygen atoms in total. The van der Waals surface area contributed by atoms with E-state index in [1.54, 1.807) is 24.3 Å². The number of carbonyl (C=O) groups excluding carboxylic acids is 2. The minimum Gasteiger partial charge on any atom is -0.465 e. The molecule has 0 aliphatic carbocycles. The molecule has 3 rings (SSSR count). The van der Waals surface area contributed by atoms with Gasteiger partial charge in [0.2, 0.25) is 0 Å². The number of amides is 1. The van der Waals surface area contributed by atoms with Gasteiger partial charge in [0.25, 0.3) is 5.91 Å². The standard InChI is InChI=1S/C19H17FN6O3/c1-29-19(28)13-4-2-3-5-14(13)24-16-15(21)17(23-10-22-16)25-26-18(27)11-6-8-12(20)9-7-11/h2-10H,21H2,1H3,(H,26,27)(H2,22,23,24,25). The molecule has 148 valence electrons. The van der Waals surface area contributed by atoms with Gasteiger partial charge < -0.3 is 15.8 Å². The van der Waals surface area contributed by atoms with Crippen LogP contribution in [0.2, 0.25) is 0 Å². The molecule has 0 aliphatic rings. The van der Waals surface area contributed by atoms with Crippen LogP contribution >= 0.6 is 0 Å². The predicted octanol–water partition coefficient (Wildman–Crippen LogP) is 2.48. The minimum atomic E-state index is -0.523. The topological polar surface area (TPSA) is 131 Å². The van der Waals surface area contributed by atoms with E-state index in [0.717, 1.165) is 0 Å². The van der Waals surface area contributed by atoms with Crippen LogP contribution in [0.3, 0.4) is 0 Å². The van der Waals surface area contributed by atoms with Crippen LogP contribution in [-0.4, -0.2) is 29.0 Å². The van der Waals surface area contributed by atoms with Crippen molar-refractivity contribution in [3.05, 3.63) is 71.8 Å². The van der Waals surface area contributed by atoms with Gasteiger partial charge in [-0.25, -0.2) is 19.2 Å². The van der Waals surface area contributed by atoms with E-state index in [4.69, 9.17) is 10.5 Å². The van der Waals surface area contributed by atoms with Crippen molar-refractivity contribution >= 4 is 34.9 Å². The molecule has 0 fully saturated rings. The highest BCUT2D eigenvalue weighted by Gasteiger charge is 2.15. The third-order valence-corrected chi connectivity index (χ3v) is 3.87. The third kappa shape index (κ3) is 4.56. The lowest BCUT2D eigenvalue weighted by Crippen LogP contribution is -2.30. The first-order chi connectivity index (χ1) is 14.0. The Morgan fingerprint density at radius 3 is 2.45 bits per heavy atom. The van der Waals surface area contributed by atoms with Crippen molar-refractivity contribution in [1.29, 1.82) is 0 Å². The van der Waals surface area contributed by atoms with Crippen molar-refractivity contribution in [2.45, 2.75) is 0 Å². The van der Waals surface area contributed by atoms with Crippen LogP contribution in [0.25, 0.3) is 0 Å². The van der Waals surface area contributed by atoms with Crippen molar-refractivity contribution in [3.8, 4) is 0 Å². The predicted molar refractivity (Wildman–Crippen MR) is 105 cm³/mol. The number of benzene rings is 2. The molecule has 0 atom stereocenters. The number of rotatable bonds is 6. The van der Waals surface area contributed by atoms with Crippen LogP contribution in [0.1, 0.15) is 20.7 Å². The number of anilines is 4. The molecular formula is C19H17FN6O3. The summed E-state index contributed by atoms with van der Waals surface area (Å²) in [5.74, 6) is -1.12. The van der Waals surface area contributed by atoms with E-state index in [0.29, 0.717) is 11.3 Å². The maximum absolute atomic E-state index is 13.0. The van der Waals surface area contributed by atoms with Crippen LogP contribution in [0.15, 0.2) is 54.9 Å². The molecule has 0 saturated carbocycles. The number of nitrogens with one attached hydrogen (secondary N) is 3. The number of hydrazine groups is 1. The zero-order valence-corrected chi connectivity index (χ0v) is 15.3. The van der Waals surface area contributed by atoms with E-state index >= 15 is 0 Å². The van der Waals surface area contributed by atoms with Gasteiger partial charge in [-0.2, -0.15) is 0 Å². The Kier molecular flexibility index (Phi) is 5.83. The minimum absolute atomic E-state index is 0.103. The van der Waals surface area contributed by atoms with Gasteiger partial charge in [-0.15, -0.1) is 0 Å². The Hall–Kier alpha value is -4.21. The van der Waals surface area contributed by atoms with Crippen LogP contribution in [-0.2, 0) is 4.74 Å². The molecule has 2 aromatic carbocycles. The molecular weight excluding hydrogens is 379 g/mol. The average molecular weight is 396 g/mol. The van der Waals surface area contributed by atoms with Gasteiger partial charge in [-0.3, -0.25) is 15.6 Å². The zero-order valence-electron chi connectivity index (χ0n) is 15.3. The number of hydrogen-bond donors (Lipinski definition) is 4. The third-order valence-electron chi connectivity index (χ3n) is 3.87. The lowest BCUT2D eigenvalue weighted by Gasteiger charge is -2.14. The monoisotopic (exact) mass is 396 g/mol. The number of nitrogen functional groups attached to an aromatic ring is 1. The van der Waals surface area contributed by atoms with E-state index in [9.17, 15) is 14.0 Å². The van der Waals surface area contributed by atoms with E-state index in [2.05, 4.69) is 26.1 Å². The molecule has 3 aromatic rings. The molecule has 1 heterocycles. The van der Waals surface area contributed by atoms with Crippen molar-refractivity contribution in [2.24, 2.45) is 0 Å². The number of hydrogen-bond acceptors (Lipinski definition) is 8. The van der Waals surface area contributed by atoms with Crippen LogP contribution in [0, 0.1) is 5.82 Å². The number of ether oxygens (including phenoxy) is 1. The lowest BCUT2D eigenvalue weighted by molar-refractivity contribution is 0.0601. The summed E-state index contributed by atoms with van der Waals surface area (Å²) < 4.78 is 17.7. The summed E-state index contributed by atoms with van der Waals surface area (Å²) in [4.78, 5) is 32.1. The van der Waals surface area contributed by atoms with E-state index in [-0.39, 0.29) is 22.9 Å². The summed E-state index contributed by atoms with van der Waals surface area (Å²) in [6, 6.07) is 11.7. The summed E-state index contributed by atoms with van der Waals surface area (Å²) in [5.41, 5.74) is 12.2. The molecule has 0 bridgehead atoms. The molecule has 0 aliphatic heterocycles. The van der Waals surface area contributed by atoms with Gasteiger partial charge in [-0.05, 0) is 36.4 Å². The van der Waals surface area contributed by atoms with Gasteiger partial charge in [0, 0.05) is 5.56 Å². The highest BCUT2D eigenvalue weighted by atomic mass is 19.1. The molecule has 5 N–H and O–H groups in total. The fraction of sp³-hybridized carbons (Fsp3) is 0.0526. The Bertz CT molecular complexity index is 1040. The first-order valence-electron chi connectivity index (χ1n) is 8.36. The van der Waals surface area contributed by atoms with Gasteiger partial charge in [0.05, 0.1) is 18.4 Å². The molecule has 0 unspecified atom stereocenters. The fourth-order valence-corrected chi connectivity index (χ4v) is 2.39. The molecule has 0 spiro atoms. The normalized spacial score (nSPS) is 10.1. The second-order valence-corrected chi connectivity index (χ2v) is 5.73. The number of carbonyl (C=O) groups is 2. The van der Waals surface area contributed by atoms with Crippen LogP contribution in [0.4, 0.5) is 27.4 Å². The van der Waals surface area contributed by atoms with E-state index < -0.39 is 17.7 Å². The number of nitrogens with zero attached hydrogens (tertiary/aromatic N) is 2. The van der Waals surface area contributed by atoms with Crippen molar-refractivity contribution < 1.29 is 18.7 Å². The van der Waals surface area contributed by atoms with Gasteiger partial charge >= 0.3 is 5.97 Å². The highest BCUT2D eigenvalue weighted by molar-refractivity contribution is 5.97. The Balaban J connectivity index is 1.76. The van der Waals surface area contributed by atoms with E-state index in [1.165, 1.54) is 37.7 Å². The maximum atomic E-state index is 13.0. The lowest BCUT2D eigenvalue weighted by atomic mass is 10.2. The maximum Gasteiger partial charge on any atom is 0.339 e. The highest BCUT2D eigenvalue weighted by Crippen LogP contribution is 2.27. The van der Waals surface area contributed by atoms with Crippen LogP contribution in [0.5, 0.6) is 0 Å². The number of methoxy groups -OCH3 is 1. The molecule has 1 aromatic heterocycles. The first kappa shape index (κ1) is 19.5. The summed E-state index contributed by atoms with van der Waals surface area (Å²) in [6.07, 6.45) is 1.23. The molecule has 29 heavy (non-hydrogen) atoms. The summed E-state index contributed by atoms with van der Waals surface area (Å²) >= 11 is 0. The number of para-hydroxylation sites is 1. The second kappa shape index (κ2) is 8.65. The number of nitrogens with two attached hydrogens (primary N) is 1. The quantitative estimate of drug-likeness (QED) is 0.369. The number of aromatic nitrogens is 2. The second-order valence-electron chi connectivity index (χ2n) is 5.73. The molecule has 0 radical (unpaired) electrons. The first-order valence-corrected chi connectivity index (χ1v) is 8.36. The summed E-state index contributed by atoms with van der Waals surface area (Å²) in [5, 5.41) is 2.95. The summed E-state index contributed by atoms with van der Waals surface area (Å²) in [6.45, 7) is 0. The average Bonchev–Trinajstić information content (AvgIpc) is 2.74. The SMILES string of the molecule is COC(=O)c1ccccc1Nc1ncnc(NNC(=O)c2ccc(F)cc2)c1N. The Labute approximate surface area is 165 Å². The van der Waals surface area contributed by atoms with Crippen molar-refractivity contribution in [3.63, 3.8) is 0 Å². The smallest absolute Gasteiger partial charge is 0.339 e. The van der Waals surface area contributed by atoms with Crippen molar-refractivity contribution in [2.75, 3.05) is 23.6 Å². The van der Waals surface area contributed by atoms with Crippen molar-refractivity contribution in [1.82, 2.24) is 15.4 Å². The molecule has 1 amide bonds.